The molecule has 0 aliphatic carbocycles. The lowest BCUT2D eigenvalue weighted by molar-refractivity contribution is -0.124. The monoisotopic (exact) mass is 240 g/mol. The van der Waals surface area contributed by atoms with Gasteiger partial charge >= 0.3 is 0 Å². The fourth-order valence-corrected chi connectivity index (χ4v) is 1.36. The van der Waals surface area contributed by atoms with Gasteiger partial charge in [-0.25, -0.2) is 0 Å². The quantitative estimate of drug-likeness (QED) is 0.759. The standard InChI is InChI=1S/C12H15ClO.C2H6/c1-9(14)12(2,3)8-10-4-6-11(13)7-5-10;1-2/h4-7H,8H2,1-3H3;1-2H3. The van der Waals surface area contributed by atoms with Crippen LogP contribution in [-0.4, -0.2) is 5.78 Å². The van der Waals surface area contributed by atoms with Crippen LogP contribution in [0.3, 0.4) is 0 Å². The largest absolute Gasteiger partial charge is 0.299 e. The van der Waals surface area contributed by atoms with Crippen LogP contribution >= 0.6 is 11.6 Å². The number of ketones is 1. The lowest BCUT2D eigenvalue weighted by Gasteiger charge is -2.20. The van der Waals surface area contributed by atoms with Crippen LogP contribution in [0.2, 0.25) is 5.02 Å². The van der Waals surface area contributed by atoms with Gasteiger partial charge in [-0.2, -0.15) is 0 Å². The van der Waals surface area contributed by atoms with Crippen molar-refractivity contribution in [3.8, 4) is 0 Å². The van der Waals surface area contributed by atoms with Crippen LogP contribution in [0.15, 0.2) is 24.3 Å². The molecule has 0 amide bonds. The Labute approximate surface area is 104 Å². The van der Waals surface area contributed by atoms with E-state index in [1.165, 1.54) is 0 Å². The summed E-state index contributed by atoms with van der Waals surface area (Å²) >= 11 is 5.78. The first kappa shape index (κ1) is 15.2. The zero-order valence-corrected chi connectivity index (χ0v) is 11.6. The molecule has 0 spiro atoms. The Balaban J connectivity index is 0.00000106. The lowest BCUT2D eigenvalue weighted by Crippen LogP contribution is -2.23. The topological polar surface area (TPSA) is 17.1 Å². The van der Waals surface area contributed by atoms with Gasteiger partial charge in [0, 0.05) is 10.4 Å². The smallest absolute Gasteiger partial charge is 0.135 e. The summed E-state index contributed by atoms with van der Waals surface area (Å²) in [4.78, 5) is 11.3. The highest BCUT2D eigenvalue weighted by molar-refractivity contribution is 6.30. The SMILES string of the molecule is CC.CC(=O)C(C)(C)Cc1ccc(Cl)cc1. The molecule has 1 aromatic rings. The Kier molecular flexibility index (Phi) is 6.35. The Morgan fingerprint density at radius 1 is 1.19 bits per heavy atom. The molecular formula is C14H21ClO. The normalized spacial score (nSPS) is 10.4. The first-order valence-electron chi connectivity index (χ1n) is 5.67. The van der Waals surface area contributed by atoms with Crippen LogP contribution in [0.1, 0.15) is 40.2 Å². The number of carbonyl (C=O) groups is 1. The Bertz CT molecular complexity index is 325. The third-order valence-electron chi connectivity index (χ3n) is 2.51. The number of hydrogen-bond donors (Lipinski definition) is 0. The summed E-state index contributed by atoms with van der Waals surface area (Å²) in [6.45, 7) is 9.56. The number of hydrogen-bond acceptors (Lipinski definition) is 1. The molecule has 1 aromatic carbocycles. The molecule has 1 nitrogen and oxygen atoms in total. The van der Waals surface area contributed by atoms with E-state index in [4.69, 9.17) is 11.6 Å². The predicted octanol–water partition coefficient (Wildman–Crippen LogP) is 4.52. The molecule has 0 N–H and O–H groups in total. The molecule has 0 aliphatic rings. The van der Waals surface area contributed by atoms with Crippen molar-refractivity contribution in [3.63, 3.8) is 0 Å². The number of halogens is 1. The van der Waals surface area contributed by atoms with Gasteiger partial charge in [0.25, 0.3) is 0 Å². The number of Topliss-reactive ketones (excluding diaryl/α,β-unsaturated/α-hetero) is 1. The minimum absolute atomic E-state index is 0.215. The molecular weight excluding hydrogens is 220 g/mol. The highest BCUT2D eigenvalue weighted by Crippen LogP contribution is 2.23. The summed E-state index contributed by atoms with van der Waals surface area (Å²) in [6, 6.07) is 7.64. The minimum Gasteiger partial charge on any atom is -0.299 e. The second kappa shape index (κ2) is 6.70. The van der Waals surface area contributed by atoms with E-state index in [1.807, 2.05) is 52.0 Å². The molecule has 0 fully saturated rings. The van der Waals surface area contributed by atoms with Crippen LogP contribution in [0.5, 0.6) is 0 Å². The van der Waals surface area contributed by atoms with Gasteiger partial charge in [0.2, 0.25) is 0 Å². The third-order valence-corrected chi connectivity index (χ3v) is 2.76. The van der Waals surface area contributed by atoms with Gasteiger partial charge in [-0.05, 0) is 31.0 Å². The Morgan fingerprint density at radius 3 is 2.00 bits per heavy atom. The summed E-state index contributed by atoms with van der Waals surface area (Å²) < 4.78 is 0. The average Bonchev–Trinajstić information content (AvgIpc) is 2.24. The fourth-order valence-electron chi connectivity index (χ4n) is 1.24. The maximum atomic E-state index is 11.3. The first-order valence-corrected chi connectivity index (χ1v) is 6.05. The van der Waals surface area contributed by atoms with E-state index in [0.717, 1.165) is 17.0 Å². The number of carbonyl (C=O) groups excluding carboxylic acids is 1. The van der Waals surface area contributed by atoms with E-state index in [9.17, 15) is 4.79 Å². The van der Waals surface area contributed by atoms with E-state index in [1.54, 1.807) is 6.92 Å². The van der Waals surface area contributed by atoms with Crippen molar-refractivity contribution in [1.82, 2.24) is 0 Å². The molecule has 0 unspecified atom stereocenters. The van der Waals surface area contributed by atoms with Gasteiger partial charge in [-0.15, -0.1) is 0 Å². The lowest BCUT2D eigenvalue weighted by atomic mass is 9.82. The van der Waals surface area contributed by atoms with E-state index >= 15 is 0 Å². The third kappa shape index (κ3) is 4.80. The molecule has 0 aromatic heterocycles. The summed E-state index contributed by atoms with van der Waals surface area (Å²) in [7, 11) is 0. The van der Waals surface area contributed by atoms with Crippen LogP contribution in [0, 0.1) is 5.41 Å². The second-order valence-electron chi connectivity index (χ2n) is 4.24. The van der Waals surface area contributed by atoms with Gasteiger partial charge in [0.1, 0.15) is 5.78 Å². The van der Waals surface area contributed by atoms with Gasteiger partial charge < -0.3 is 0 Å². The molecule has 0 saturated carbocycles. The summed E-state index contributed by atoms with van der Waals surface area (Å²) in [5, 5.41) is 0.731. The van der Waals surface area contributed by atoms with Gasteiger partial charge in [0.05, 0.1) is 0 Å². The van der Waals surface area contributed by atoms with E-state index < -0.39 is 0 Å². The van der Waals surface area contributed by atoms with Crippen molar-refractivity contribution in [2.24, 2.45) is 5.41 Å². The minimum atomic E-state index is -0.284. The summed E-state index contributed by atoms with van der Waals surface area (Å²) in [6.07, 6.45) is 0.763. The van der Waals surface area contributed by atoms with Crippen LogP contribution < -0.4 is 0 Å². The molecule has 90 valence electrons. The average molecular weight is 241 g/mol. The molecule has 1 rings (SSSR count). The second-order valence-corrected chi connectivity index (χ2v) is 4.68. The molecule has 0 radical (unpaired) electrons. The van der Waals surface area contributed by atoms with Crippen LogP contribution in [-0.2, 0) is 11.2 Å². The predicted molar refractivity (Wildman–Crippen MR) is 71.0 cm³/mol. The van der Waals surface area contributed by atoms with Crippen molar-refractivity contribution < 1.29 is 4.79 Å². The molecule has 0 bridgehead atoms. The summed E-state index contributed by atoms with van der Waals surface area (Å²) in [5.74, 6) is 0.215. The maximum Gasteiger partial charge on any atom is 0.135 e. The first-order chi connectivity index (χ1) is 7.42. The van der Waals surface area contributed by atoms with Crippen molar-refractivity contribution in [2.45, 2.75) is 41.0 Å². The summed E-state index contributed by atoms with van der Waals surface area (Å²) in [5.41, 5.74) is 0.864. The molecule has 0 saturated heterocycles. The van der Waals surface area contributed by atoms with Crippen molar-refractivity contribution in [2.75, 3.05) is 0 Å². The fraction of sp³-hybridized carbons (Fsp3) is 0.500. The molecule has 0 atom stereocenters. The van der Waals surface area contributed by atoms with Gasteiger partial charge in [-0.3, -0.25) is 4.79 Å². The van der Waals surface area contributed by atoms with Crippen LogP contribution in [0.25, 0.3) is 0 Å². The zero-order valence-electron chi connectivity index (χ0n) is 10.8. The molecule has 0 aliphatic heterocycles. The zero-order chi connectivity index (χ0) is 12.8. The maximum absolute atomic E-state index is 11.3. The highest BCUT2D eigenvalue weighted by atomic mass is 35.5. The molecule has 0 heterocycles. The number of rotatable bonds is 3. The van der Waals surface area contributed by atoms with Crippen molar-refractivity contribution >= 4 is 17.4 Å². The van der Waals surface area contributed by atoms with Crippen LogP contribution in [0.4, 0.5) is 0 Å². The van der Waals surface area contributed by atoms with E-state index in [2.05, 4.69) is 0 Å². The van der Waals surface area contributed by atoms with Gasteiger partial charge in [-0.1, -0.05) is 51.4 Å². The molecule has 16 heavy (non-hydrogen) atoms. The van der Waals surface area contributed by atoms with Crippen molar-refractivity contribution in [1.29, 1.82) is 0 Å². The van der Waals surface area contributed by atoms with Gasteiger partial charge in [0.15, 0.2) is 0 Å². The van der Waals surface area contributed by atoms with Crippen molar-refractivity contribution in [3.05, 3.63) is 34.9 Å². The Morgan fingerprint density at radius 2 is 1.62 bits per heavy atom. The highest BCUT2D eigenvalue weighted by Gasteiger charge is 2.23. The van der Waals surface area contributed by atoms with E-state index in [0.29, 0.717) is 0 Å². The Hall–Kier alpha value is -0.820. The number of benzene rings is 1. The molecule has 2 heteroatoms. The van der Waals surface area contributed by atoms with E-state index in [-0.39, 0.29) is 11.2 Å².